The van der Waals surface area contributed by atoms with Crippen LogP contribution in [0.5, 0.6) is 0 Å². The maximum atomic E-state index is 11.5. The Labute approximate surface area is 112 Å². The van der Waals surface area contributed by atoms with Crippen LogP contribution in [0.3, 0.4) is 0 Å². The molecule has 0 amide bonds. The third-order valence-electron chi connectivity index (χ3n) is 2.45. The van der Waals surface area contributed by atoms with Gasteiger partial charge >= 0.3 is 0 Å². The van der Waals surface area contributed by atoms with Gasteiger partial charge in [0.25, 0.3) is 0 Å². The standard InChI is InChI=1S/C12H15ClN2O2S/c1-3-18(16,17)8-9(2)15-11-5-4-10(7-14)12(13)6-11/h4-6,9,15H,3,8H2,1-2H3/t9-/m0/s1. The first-order chi connectivity index (χ1) is 8.38. The first-order valence-corrected chi connectivity index (χ1v) is 7.74. The van der Waals surface area contributed by atoms with E-state index in [1.807, 2.05) is 6.07 Å². The Morgan fingerprint density at radius 2 is 2.17 bits per heavy atom. The van der Waals surface area contributed by atoms with Crippen LogP contribution in [0.15, 0.2) is 18.2 Å². The summed E-state index contributed by atoms with van der Waals surface area (Å²) in [6, 6.07) is 6.69. The molecule has 0 aliphatic heterocycles. The van der Waals surface area contributed by atoms with Crippen LogP contribution in [-0.2, 0) is 9.84 Å². The molecular weight excluding hydrogens is 272 g/mol. The van der Waals surface area contributed by atoms with Gasteiger partial charge in [0.05, 0.1) is 16.3 Å². The number of nitriles is 1. The Balaban J connectivity index is 2.74. The average molecular weight is 287 g/mol. The molecule has 0 unspecified atom stereocenters. The molecule has 18 heavy (non-hydrogen) atoms. The van der Waals surface area contributed by atoms with Crippen LogP contribution in [0.1, 0.15) is 19.4 Å². The highest BCUT2D eigenvalue weighted by Crippen LogP contribution is 2.20. The zero-order valence-electron chi connectivity index (χ0n) is 10.3. The number of nitrogens with zero attached hydrogens (tertiary/aromatic N) is 1. The molecule has 0 aliphatic rings. The van der Waals surface area contributed by atoms with Crippen LogP contribution in [-0.4, -0.2) is 26.0 Å². The predicted molar refractivity (Wildman–Crippen MR) is 73.6 cm³/mol. The van der Waals surface area contributed by atoms with Crippen molar-refractivity contribution in [2.75, 3.05) is 16.8 Å². The molecule has 6 heteroatoms. The van der Waals surface area contributed by atoms with Gasteiger partial charge in [-0.05, 0) is 25.1 Å². The molecule has 0 saturated heterocycles. The van der Waals surface area contributed by atoms with Crippen molar-refractivity contribution in [2.24, 2.45) is 0 Å². The Kier molecular flexibility index (Phi) is 5.00. The lowest BCUT2D eigenvalue weighted by Gasteiger charge is -2.15. The first-order valence-electron chi connectivity index (χ1n) is 5.54. The number of rotatable bonds is 5. The molecule has 1 aromatic rings. The molecule has 1 aromatic carbocycles. The molecule has 1 atom stereocenters. The summed E-state index contributed by atoms with van der Waals surface area (Å²) in [5.74, 6) is 0.203. The maximum absolute atomic E-state index is 11.5. The number of halogens is 1. The van der Waals surface area contributed by atoms with Crippen LogP contribution in [0.2, 0.25) is 5.02 Å². The van der Waals surface area contributed by atoms with Crippen molar-refractivity contribution in [3.63, 3.8) is 0 Å². The van der Waals surface area contributed by atoms with E-state index in [4.69, 9.17) is 16.9 Å². The van der Waals surface area contributed by atoms with Crippen molar-refractivity contribution >= 4 is 27.1 Å². The van der Waals surface area contributed by atoms with Crippen LogP contribution in [0, 0.1) is 11.3 Å². The van der Waals surface area contributed by atoms with Gasteiger partial charge in [0.15, 0.2) is 9.84 Å². The minimum absolute atomic E-state index is 0.0706. The van der Waals surface area contributed by atoms with Crippen molar-refractivity contribution in [3.8, 4) is 6.07 Å². The molecule has 0 radical (unpaired) electrons. The zero-order chi connectivity index (χ0) is 13.8. The topological polar surface area (TPSA) is 70.0 Å². The molecule has 4 nitrogen and oxygen atoms in total. The number of anilines is 1. The molecule has 0 spiro atoms. The third kappa shape index (κ3) is 4.21. The van der Waals surface area contributed by atoms with Gasteiger partial charge in [-0.3, -0.25) is 0 Å². The van der Waals surface area contributed by atoms with E-state index in [1.165, 1.54) is 0 Å². The van der Waals surface area contributed by atoms with E-state index in [2.05, 4.69) is 5.32 Å². The fourth-order valence-corrected chi connectivity index (χ4v) is 2.82. The van der Waals surface area contributed by atoms with Gasteiger partial charge in [-0.1, -0.05) is 18.5 Å². The quantitative estimate of drug-likeness (QED) is 0.902. The predicted octanol–water partition coefficient (Wildman–Crippen LogP) is 2.45. The van der Waals surface area contributed by atoms with Crippen LogP contribution in [0.25, 0.3) is 0 Å². The second-order valence-electron chi connectivity index (χ2n) is 4.05. The lowest BCUT2D eigenvalue weighted by atomic mass is 10.2. The molecule has 0 aliphatic carbocycles. The minimum Gasteiger partial charge on any atom is -0.382 e. The summed E-state index contributed by atoms with van der Waals surface area (Å²) in [5, 5.41) is 12.1. The molecule has 1 N–H and O–H groups in total. The summed E-state index contributed by atoms with van der Waals surface area (Å²) >= 11 is 5.89. The summed E-state index contributed by atoms with van der Waals surface area (Å²) in [4.78, 5) is 0. The van der Waals surface area contributed by atoms with E-state index in [0.717, 1.165) is 0 Å². The van der Waals surface area contributed by atoms with E-state index >= 15 is 0 Å². The number of hydrogen-bond acceptors (Lipinski definition) is 4. The largest absolute Gasteiger partial charge is 0.382 e. The molecule has 0 fully saturated rings. The van der Waals surface area contributed by atoms with Gasteiger partial charge in [0.2, 0.25) is 0 Å². The Morgan fingerprint density at radius 3 is 2.67 bits per heavy atom. The number of hydrogen-bond donors (Lipinski definition) is 1. The molecule has 0 aromatic heterocycles. The highest BCUT2D eigenvalue weighted by atomic mass is 35.5. The van der Waals surface area contributed by atoms with Gasteiger partial charge < -0.3 is 5.32 Å². The van der Waals surface area contributed by atoms with Crippen molar-refractivity contribution in [1.29, 1.82) is 5.26 Å². The van der Waals surface area contributed by atoms with E-state index in [0.29, 0.717) is 16.3 Å². The van der Waals surface area contributed by atoms with E-state index in [-0.39, 0.29) is 17.5 Å². The summed E-state index contributed by atoms with van der Waals surface area (Å²) < 4.78 is 22.9. The SMILES string of the molecule is CCS(=O)(=O)C[C@H](C)Nc1ccc(C#N)c(Cl)c1. The Morgan fingerprint density at radius 1 is 1.50 bits per heavy atom. The fourth-order valence-electron chi connectivity index (χ4n) is 1.52. The molecule has 0 saturated carbocycles. The highest BCUT2D eigenvalue weighted by molar-refractivity contribution is 7.91. The van der Waals surface area contributed by atoms with Gasteiger partial charge in [-0.25, -0.2) is 8.42 Å². The van der Waals surface area contributed by atoms with Crippen LogP contribution < -0.4 is 5.32 Å². The van der Waals surface area contributed by atoms with Crippen molar-refractivity contribution in [2.45, 2.75) is 19.9 Å². The number of benzene rings is 1. The van der Waals surface area contributed by atoms with Crippen molar-refractivity contribution in [1.82, 2.24) is 0 Å². The second-order valence-corrected chi connectivity index (χ2v) is 6.86. The average Bonchev–Trinajstić information content (AvgIpc) is 2.28. The number of sulfone groups is 1. The first kappa shape index (κ1) is 14.8. The van der Waals surface area contributed by atoms with Gasteiger partial charge in [-0.15, -0.1) is 0 Å². The van der Waals surface area contributed by atoms with Crippen LogP contribution in [0.4, 0.5) is 5.69 Å². The summed E-state index contributed by atoms with van der Waals surface area (Å²) in [6.45, 7) is 3.42. The summed E-state index contributed by atoms with van der Waals surface area (Å²) in [6.07, 6.45) is 0. The normalized spacial score (nSPS) is 12.8. The lowest BCUT2D eigenvalue weighted by molar-refractivity contribution is 0.593. The second kappa shape index (κ2) is 6.07. The van der Waals surface area contributed by atoms with Gasteiger partial charge in [0, 0.05) is 17.5 Å². The smallest absolute Gasteiger partial charge is 0.152 e. The van der Waals surface area contributed by atoms with E-state index < -0.39 is 9.84 Å². The monoisotopic (exact) mass is 286 g/mol. The Hall–Kier alpha value is -1.25. The van der Waals surface area contributed by atoms with Gasteiger partial charge in [-0.2, -0.15) is 5.26 Å². The minimum atomic E-state index is -3.01. The molecule has 98 valence electrons. The summed E-state index contributed by atoms with van der Waals surface area (Å²) in [5.41, 5.74) is 1.11. The summed E-state index contributed by atoms with van der Waals surface area (Å²) in [7, 11) is -3.01. The molecular formula is C12H15ClN2O2S. The van der Waals surface area contributed by atoms with Crippen molar-refractivity contribution < 1.29 is 8.42 Å². The lowest BCUT2D eigenvalue weighted by Crippen LogP contribution is -2.26. The van der Waals surface area contributed by atoms with Gasteiger partial charge in [0.1, 0.15) is 6.07 Å². The third-order valence-corrected chi connectivity index (χ3v) is 4.65. The molecule has 1 rings (SSSR count). The number of nitrogens with one attached hydrogen (secondary N) is 1. The van der Waals surface area contributed by atoms with Crippen molar-refractivity contribution in [3.05, 3.63) is 28.8 Å². The van der Waals surface area contributed by atoms with E-state index in [9.17, 15) is 8.42 Å². The maximum Gasteiger partial charge on any atom is 0.152 e. The molecule has 0 bridgehead atoms. The zero-order valence-corrected chi connectivity index (χ0v) is 11.8. The van der Waals surface area contributed by atoms with E-state index in [1.54, 1.807) is 32.0 Å². The molecule has 0 heterocycles. The fraction of sp³-hybridized carbons (Fsp3) is 0.417. The Bertz CT molecular complexity index is 564. The highest BCUT2D eigenvalue weighted by Gasteiger charge is 2.13. The van der Waals surface area contributed by atoms with Crippen LogP contribution >= 0.6 is 11.6 Å².